The number of hydrogen-bond acceptors (Lipinski definition) is 4. The predicted molar refractivity (Wildman–Crippen MR) is 92.5 cm³/mol. The van der Waals surface area contributed by atoms with Crippen LogP contribution in [0.4, 0.5) is 10.5 Å². The van der Waals surface area contributed by atoms with E-state index in [1.165, 1.54) is 0 Å². The van der Waals surface area contributed by atoms with Crippen molar-refractivity contribution < 1.29 is 19.1 Å². The highest BCUT2D eigenvalue weighted by atomic mass is 16.5. The summed E-state index contributed by atoms with van der Waals surface area (Å²) in [5, 5.41) is 16.1. The van der Waals surface area contributed by atoms with Gasteiger partial charge in [0, 0.05) is 11.3 Å². The van der Waals surface area contributed by atoms with Crippen molar-refractivity contribution in [3.8, 4) is 5.75 Å². The average Bonchev–Trinajstić information content (AvgIpc) is 2.87. The molecule has 0 fully saturated rings. The van der Waals surface area contributed by atoms with Crippen molar-refractivity contribution in [2.75, 3.05) is 19.0 Å². The van der Waals surface area contributed by atoms with Gasteiger partial charge in [0.05, 0.1) is 13.7 Å². The Labute approximate surface area is 141 Å². The van der Waals surface area contributed by atoms with E-state index in [0.29, 0.717) is 17.0 Å². The number of ether oxygens (including phenoxy) is 1. The molecule has 0 saturated carbocycles. The molecule has 2 aromatic rings. The lowest BCUT2D eigenvalue weighted by atomic mass is 9.96. The Bertz CT molecular complexity index is 735. The molecule has 24 heavy (non-hydrogen) atoms. The molecule has 0 aliphatic rings. The third-order valence-corrected chi connectivity index (χ3v) is 3.90. The van der Waals surface area contributed by atoms with E-state index in [9.17, 15) is 9.90 Å². The monoisotopic (exact) mass is 332 g/mol. The van der Waals surface area contributed by atoms with Crippen molar-refractivity contribution in [3.63, 3.8) is 0 Å². The highest BCUT2D eigenvalue weighted by Crippen LogP contribution is 2.26. The predicted octanol–water partition coefficient (Wildman–Crippen LogP) is 3.24. The van der Waals surface area contributed by atoms with Gasteiger partial charge in [-0.05, 0) is 57.5 Å². The Morgan fingerprint density at radius 3 is 2.54 bits per heavy atom. The van der Waals surface area contributed by atoms with Gasteiger partial charge >= 0.3 is 6.03 Å². The Kier molecular flexibility index (Phi) is 5.19. The van der Waals surface area contributed by atoms with Crippen LogP contribution in [-0.4, -0.2) is 24.8 Å². The van der Waals surface area contributed by atoms with Crippen LogP contribution < -0.4 is 15.4 Å². The SMILES string of the molecule is COc1ccc(NC(=O)NCC(C)(O)c2cc(C)oc2C)c(C)c1. The number of furan rings is 1. The van der Waals surface area contributed by atoms with Crippen LogP contribution in [0.25, 0.3) is 0 Å². The number of aliphatic hydroxyl groups is 1. The summed E-state index contributed by atoms with van der Waals surface area (Å²) in [7, 11) is 1.59. The number of carbonyl (C=O) groups is 1. The molecule has 2 rings (SSSR count). The number of aryl methyl sites for hydroxylation is 3. The third-order valence-electron chi connectivity index (χ3n) is 3.90. The van der Waals surface area contributed by atoms with Crippen LogP contribution in [0.2, 0.25) is 0 Å². The second kappa shape index (κ2) is 6.97. The molecule has 6 nitrogen and oxygen atoms in total. The van der Waals surface area contributed by atoms with Gasteiger partial charge in [0.15, 0.2) is 0 Å². The van der Waals surface area contributed by atoms with Crippen LogP contribution in [0.5, 0.6) is 5.75 Å². The maximum absolute atomic E-state index is 12.1. The number of methoxy groups -OCH3 is 1. The van der Waals surface area contributed by atoms with Gasteiger partial charge in [0.25, 0.3) is 0 Å². The number of carbonyl (C=O) groups excluding carboxylic acids is 1. The van der Waals surface area contributed by atoms with Crippen LogP contribution in [0.1, 0.15) is 29.6 Å². The normalized spacial score (nSPS) is 13.2. The van der Waals surface area contributed by atoms with Crippen molar-refractivity contribution in [2.45, 2.75) is 33.3 Å². The number of hydrogen-bond donors (Lipinski definition) is 3. The first-order chi connectivity index (χ1) is 11.2. The minimum atomic E-state index is -1.21. The van der Waals surface area contributed by atoms with Crippen molar-refractivity contribution in [3.05, 3.63) is 46.9 Å². The van der Waals surface area contributed by atoms with Crippen molar-refractivity contribution in [2.24, 2.45) is 0 Å². The second-order valence-electron chi connectivity index (χ2n) is 6.09. The lowest BCUT2D eigenvalue weighted by molar-refractivity contribution is 0.0584. The van der Waals surface area contributed by atoms with Crippen LogP contribution in [0, 0.1) is 20.8 Å². The summed E-state index contributed by atoms with van der Waals surface area (Å²) in [6.07, 6.45) is 0. The van der Waals surface area contributed by atoms with Crippen LogP contribution in [0.15, 0.2) is 28.7 Å². The van der Waals surface area contributed by atoms with E-state index in [0.717, 1.165) is 17.1 Å². The Morgan fingerprint density at radius 2 is 2.00 bits per heavy atom. The van der Waals surface area contributed by atoms with Gasteiger partial charge in [0.1, 0.15) is 22.9 Å². The molecule has 1 heterocycles. The highest BCUT2D eigenvalue weighted by Gasteiger charge is 2.28. The van der Waals surface area contributed by atoms with E-state index < -0.39 is 5.60 Å². The quantitative estimate of drug-likeness (QED) is 0.785. The molecule has 1 unspecified atom stereocenters. The first-order valence-electron chi connectivity index (χ1n) is 7.72. The summed E-state index contributed by atoms with van der Waals surface area (Å²) in [5.74, 6) is 2.10. The van der Waals surface area contributed by atoms with Gasteiger partial charge in [-0.25, -0.2) is 4.79 Å². The van der Waals surface area contributed by atoms with Gasteiger partial charge in [-0.15, -0.1) is 0 Å². The van der Waals surface area contributed by atoms with Gasteiger partial charge in [-0.2, -0.15) is 0 Å². The van der Waals surface area contributed by atoms with E-state index in [1.807, 2.05) is 19.9 Å². The van der Waals surface area contributed by atoms with E-state index in [1.54, 1.807) is 39.2 Å². The molecule has 2 amide bonds. The topological polar surface area (TPSA) is 83.7 Å². The smallest absolute Gasteiger partial charge is 0.319 e. The lowest BCUT2D eigenvalue weighted by Gasteiger charge is -2.23. The largest absolute Gasteiger partial charge is 0.497 e. The maximum atomic E-state index is 12.1. The number of nitrogens with one attached hydrogen (secondary N) is 2. The molecule has 130 valence electrons. The molecule has 0 bridgehead atoms. The van der Waals surface area contributed by atoms with Gasteiger partial charge < -0.3 is 24.9 Å². The summed E-state index contributed by atoms with van der Waals surface area (Å²) in [6.45, 7) is 7.19. The van der Waals surface area contributed by atoms with E-state index in [-0.39, 0.29) is 12.6 Å². The molecule has 3 N–H and O–H groups in total. The molecule has 0 spiro atoms. The van der Waals surface area contributed by atoms with Crippen molar-refractivity contribution in [1.29, 1.82) is 0 Å². The van der Waals surface area contributed by atoms with Crippen LogP contribution in [-0.2, 0) is 5.60 Å². The van der Waals surface area contributed by atoms with Gasteiger partial charge in [-0.3, -0.25) is 0 Å². The van der Waals surface area contributed by atoms with Gasteiger partial charge in [0.2, 0.25) is 0 Å². The Balaban J connectivity index is 1.99. The molecular formula is C18H24N2O4. The number of urea groups is 1. The molecule has 0 radical (unpaired) electrons. The summed E-state index contributed by atoms with van der Waals surface area (Å²) in [6, 6.07) is 6.78. The number of amides is 2. The molecule has 0 aliphatic heterocycles. The fourth-order valence-electron chi connectivity index (χ4n) is 2.58. The highest BCUT2D eigenvalue weighted by molar-refractivity contribution is 5.90. The zero-order chi connectivity index (χ0) is 17.9. The third kappa shape index (κ3) is 4.08. The summed E-state index contributed by atoms with van der Waals surface area (Å²) < 4.78 is 10.6. The van der Waals surface area contributed by atoms with Crippen LogP contribution in [0.3, 0.4) is 0 Å². The van der Waals surface area contributed by atoms with Crippen molar-refractivity contribution in [1.82, 2.24) is 5.32 Å². The van der Waals surface area contributed by atoms with E-state index >= 15 is 0 Å². The molecule has 1 aromatic carbocycles. The Hall–Kier alpha value is -2.47. The zero-order valence-corrected chi connectivity index (χ0v) is 14.7. The van der Waals surface area contributed by atoms with Gasteiger partial charge in [-0.1, -0.05) is 0 Å². The van der Waals surface area contributed by atoms with Crippen LogP contribution >= 0.6 is 0 Å². The van der Waals surface area contributed by atoms with Crippen molar-refractivity contribution >= 4 is 11.7 Å². The number of benzene rings is 1. The fourth-order valence-corrected chi connectivity index (χ4v) is 2.58. The Morgan fingerprint density at radius 1 is 1.29 bits per heavy atom. The molecular weight excluding hydrogens is 308 g/mol. The second-order valence-corrected chi connectivity index (χ2v) is 6.09. The van der Waals surface area contributed by atoms with E-state index in [4.69, 9.17) is 9.15 Å². The molecule has 1 atom stereocenters. The molecule has 0 aliphatic carbocycles. The minimum absolute atomic E-state index is 0.0633. The average molecular weight is 332 g/mol. The standard InChI is InChI=1S/C18H24N2O4/c1-11-8-14(23-5)6-7-16(11)20-17(21)19-10-18(4,22)15-9-12(2)24-13(15)3/h6-9,22H,10H2,1-5H3,(H2,19,20,21). The first kappa shape index (κ1) is 17.9. The molecule has 6 heteroatoms. The number of rotatable bonds is 5. The minimum Gasteiger partial charge on any atom is -0.497 e. The lowest BCUT2D eigenvalue weighted by Crippen LogP contribution is -2.40. The number of anilines is 1. The summed E-state index contributed by atoms with van der Waals surface area (Å²) in [5.41, 5.74) is 1.02. The van der Waals surface area contributed by atoms with E-state index in [2.05, 4.69) is 10.6 Å². The fraction of sp³-hybridized carbons (Fsp3) is 0.389. The summed E-state index contributed by atoms with van der Waals surface area (Å²) >= 11 is 0. The zero-order valence-electron chi connectivity index (χ0n) is 14.7. The molecule has 1 aromatic heterocycles. The molecule has 0 saturated heterocycles. The summed E-state index contributed by atoms with van der Waals surface area (Å²) in [4.78, 5) is 12.1. The maximum Gasteiger partial charge on any atom is 0.319 e. The first-order valence-corrected chi connectivity index (χ1v) is 7.72.